The molecule has 0 amide bonds. The Labute approximate surface area is 138 Å². The maximum Gasteiger partial charge on any atom is 0.305 e. The molecule has 5 nitrogen and oxygen atoms in total. The van der Waals surface area contributed by atoms with Crippen molar-refractivity contribution in [2.75, 3.05) is 0 Å². The maximum atomic E-state index is 11.0. The number of nitrogens with zero attached hydrogens (tertiary/aromatic N) is 1. The van der Waals surface area contributed by atoms with Gasteiger partial charge < -0.3 is 15.8 Å². The lowest BCUT2D eigenvalue weighted by atomic mass is 9.89. The zero-order chi connectivity index (χ0) is 16.6. The number of hydrogen-bond donors (Lipinski definition) is 3. The van der Waals surface area contributed by atoms with Crippen molar-refractivity contribution in [3.8, 4) is 11.4 Å². The van der Waals surface area contributed by atoms with Gasteiger partial charge in [0.25, 0.3) is 0 Å². The van der Waals surface area contributed by atoms with Crippen LogP contribution in [0.15, 0.2) is 42.5 Å². The molecule has 2 aromatic carbocycles. The molecular weight excluding hydrogens is 314 g/mol. The minimum atomic E-state index is -1.06. The normalized spacial score (nSPS) is 13.9. The molecule has 6 heteroatoms. The number of carboxylic acid groups (broad SMARTS) is 1. The molecule has 0 fully saturated rings. The van der Waals surface area contributed by atoms with E-state index in [1.165, 1.54) is 0 Å². The molecule has 0 saturated heterocycles. The number of nitrogens with two attached hydrogens (primary N) is 1. The first-order valence-corrected chi connectivity index (χ1v) is 7.51. The maximum absolute atomic E-state index is 11.0. The molecule has 1 heterocycles. The second-order valence-electron chi connectivity index (χ2n) is 5.76. The van der Waals surface area contributed by atoms with Gasteiger partial charge in [0.15, 0.2) is 0 Å². The number of rotatable bonds is 4. The molecule has 3 rings (SSSR count). The number of hydrogen-bond acceptors (Lipinski definition) is 3. The Bertz CT molecular complexity index is 872. The lowest BCUT2D eigenvalue weighted by Gasteiger charge is -2.24. The van der Waals surface area contributed by atoms with Crippen LogP contribution in [-0.2, 0) is 10.3 Å². The van der Waals surface area contributed by atoms with Crippen LogP contribution in [0.3, 0.4) is 0 Å². The van der Waals surface area contributed by atoms with Gasteiger partial charge in [-0.3, -0.25) is 4.79 Å². The lowest BCUT2D eigenvalue weighted by Crippen LogP contribution is -2.35. The van der Waals surface area contributed by atoms with Gasteiger partial charge in [0.1, 0.15) is 5.82 Å². The first-order valence-electron chi connectivity index (χ1n) is 7.13. The highest BCUT2D eigenvalue weighted by Crippen LogP contribution is 2.34. The number of nitrogens with one attached hydrogen (secondary N) is 1. The van der Waals surface area contributed by atoms with Crippen LogP contribution in [-0.4, -0.2) is 21.0 Å². The predicted molar refractivity (Wildman–Crippen MR) is 90.3 cm³/mol. The quantitative estimate of drug-likeness (QED) is 0.682. The van der Waals surface area contributed by atoms with Gasteiger partial charge in [-0.1, -0.05) is 48.0 Å². The van der Waals surface area contributed by atoms with E-state index in [-0.39, 0.29) is 6.42 Å². The highest BCUT2D eigenvalue weighted by Gasteiger charge is 2.28. The number of aromatic amines is 1. The summed E-state index contributed by atoms with van der Waals surface area (Å²) < 4.78 is 0. The third kappa shape index (κ3) is 2.93. The van der Waals surface area contributed by atoms with E-state index >= 15 is 0 Å². The number of H-pyrrole nitrogens is 1. The average molecular weight is 330 g/mol. The Balaban J connectivity index is 2.11. The molecule has 0 spiro atoms. The summed E-state index contributed by atoms with van der Waals surface area (Å²) in [5.41, 5.74) is 7.99. The Morgan fingerprint density at radius 1 is 1.30 bits per heavy atom. The van der Waals surface area contributed by atoms with Gasteiger partial charge in [-0.05, 0) is 18.6 Å². The van der Waals surface area contributed by atoms with Crippen molar-refractivity contribution in [3.63, 3.8) is 0 Å². The summed E-state index contributed by atoms with van der Waals surface area (Å²) in [6.07, 6.45) is -0.210. The van der Waals surface area contributed by atoms with E-state index in [0.717, 1.165) is 5.56 Å². The molecule has 0 aliphatic heterocycles. The van der Waals surface area contributed by atoms with Gasteiger partial charge in [0.2, 0.25) is 0 Å². The Morgan fingerprint density at radius 2 is 2.00 bits per heavy atom. The topological polar surface area (TPSA) is 92.0 Å². The molecule has 3 aromatic rings. The highest BCUT2D eigenvalue weighted by atomic mass is 35.5. The molecule has 0 saturated carbocycles. The largest absolute Gasteiger partial charge is 0.481 e. The van der Waals surface area contributed by atoms with Crippen LogP contribution < -0.4 is 5.73 Å². The third-order valence-electron chi connectivity index (χ3n) is 3.78. The van der Waals surface area contributed by atoms with Crippen LogP contribution in [0.1, 0.15) is 18.9 Å². The summed E-state index contributed by atoms with van der Waals surface area (Å²) in [6, 6.07) is 13.2. The van der Waals surface area contributed by atoms with Gasteiger partial charge in [-0.15, -0.1) is 0 Å². The number of carboxylic acids is 1. The van der Waals surface area contributed by atoms with E-state index in [0.29, 0.717) is 27.4 Å². The van der Waals surface area contributed by atoms with Gasteiger partial charge in [0, 0.05) is 5.56 Å². The molecule has 0 aliphatic carbocycles. The number of halogens is 1. The SMILES string of the molecule is CC(N)(CC(=O)O)c1ccc2nc(-c3ccccc3)[nH]c2c1Cl. The van der Waals surface area contributed by atoms with Crippen LogP contribution >= 0.6 is 11.6 Å². The number of fused-ring (bicyclic) bond motifs is 1. The van der Waals surface area contributed by atoms with Gasteiger partial charge in [-0.25, -0.2) is 4.98 Å². The summed E-state index contributed by atoms with van der Waals surface area (Å²) >= 11 is 6.47. The fraction of sp³-hybridized carbons (Fsp3) is 0.176. The molecule has 0 radical (unpaired) electrons. The van der Waals surface area contributed by atoms with Crippen LogP contribution in [0.5, 0.6) is 0 Å². The summed E-state index contributed by atoms with van der Waals surface area (Å²) in [5.74, 6) is -0.266. The molecule has 4 N–H and O–H groups in total. The second-order valence-corrected chi connectivity index (χ2v) is 6.14. The molecule has 1 unspecified atom stereocenters. The van der Waals surface area contributed by atoms with Crippen LogP contribution in [0.4, 0.5) is 0 Å². The monoisotopic (exact) mass is 329 g/mol. The van der Waals surface area contributed by atoms with Crippen molar-refractivity contribution < 1.29 is 9.90 Å². The zero-order valence-corrected chi connectivity index (χ0v) is 13.3. The van der Waals surface area contributed by atoms with Crippen LogP contribution in [0, 0.1) is 0 Å². The highest BCUT2D eigenvalue weighted by molar-refractivity contribution is 6.36. The number of aliphatic carboxylic acids is 1. The van der Waals surface area contributed by atoms with E-state index in [4.69, 9.17) is 22.4 Å². The van der Waals surface area contributed by atoms with Gasteiger partial charge >= 0.3 is 5.97 Å². The third-order valence-corrected chi connectivity index (χ3v) is 4.17. The van der Waals surface area contributed by atoms with Crippen LogP contribution in [0.2, 0.25) is 5.02 Å². The fourth-order valence-electron chi connectivity index (χ4n) is 2.63. The summed E-state index contributed by atoms with van der Waals surface area (Å²) in [7, 11) is 0. The van der Waals surface area contributed by atoms with Crippen molar-refractivity contribution in [2.45, 2.75) is 18.9 Å². The molecule has 0 aliphatic rings. The summed E-state index contributed by atoms with van der Waals surface area (Å²) in [5, 5.41) is 9.43. The molecule has 118 valence electrons. The molecule has 23 heavy (non-hydrogen) atoms. The minimum absolute atomic E-state index is 0.210. The van der Waals surface area contributed by atoms with Gasteiger partial charge in [-0.2, -0.15) is 0 Å². The number of carbonyl (C=O) groups is 1. The number of imidazole rings is 1. The van der Waals surface area contributed by atoms with E-state index in [1.54, 1.807) is 19.1 Å². The van der Waals surface area contributed by atoms with Gasteiger partial charge in [0.05, 0.1) is 28.0 Å². The van der Waals surface area contributed by atoms with Crippen molar-refractivity contribution in [3.05, 3.63) is 53.1 Å². The Morgan fingerprint density at radius 3 is 2.65 bits per heavy atom. The summed E-state index contributed by atoms with van der Waals surface area (Å²) in [6.45, 7) is 1.66. The molecule has 1 atom stereocenters. The number of benzene rings is 2. The lowest BCUT2D eigenvalue weighted by molar-refractivity contribution is -0.138. The Hall–Kier alpha value is -2.37. The van der Waals surface area contributed by atoms with Crippen molar-refractivity contribution in [1.29, 1.82) is 0 Å². The van der Waals surface area contributed by atoms with E-state index in [1.807, 2.05) is 30.3 Å². The van der Waals surface area contributed by atoms with Crippen molar-refractivity contribution >= 4 is 28.6 Å². The first-order chi connectivity index (χ1) is 10.9. The first kappa shape index (κ1) is 15.5. The van der Waals surface area contributed by atoms with E-state index < -0.39 is 11.5 Å². The average Bonchev–Trinajstić information content (AvgIpc) is 2.92. The van der Waals surface area contributed by atoms with Crippen molar-refractivity contribution in [2.24, 2.45) is 5.73 Å². The Kier molecular flexibility index (Phi) is 3.83. The standard InChI is InChI=1S/C17H16ClN3O2/c1-17(19,9-13(22)23)11-7-8-12-15(14(11)18)21-16(20-12)10-5-3-2-4-6-10/h2-8H,9,19H2,1H3,(H,20,21)(H,22,23). The number of aromatic nitrogens is 2. The predicted octanol–water partition coefficient (Wildman–Crippen LogP) is 3.53. The minimum Gasteiger partial charge on any atom is -0.481 e. The molecule has 1 aromatic heterocycles. The molecule has 0 bridgehead atoms. The molecular formula is C17H16ClN3O2. The van der Waals surface area contributed by atoms with E-state index in [9.17, 15) is 4.79 Å². The summed E-state index contributed by atoms with van der Waals surface area (Å²) in [4.78, 5) is 18.7. The van der Waals surface area contributed by atoms with Crippen molar-refractivity contribution in [1.82, 2.24) is 9.97 Å². The van der Waals surface area contributed by atoms with E-state index in [2.05, 4.69) is 9.97 Å². The fourth-order valence-corrected chi connectivity index (χ4v) is 3.05. The second kappa shape index (κ2) is 5.68. The smallest absolute Gasteiger partial charge is 0.305 e. The zero-order valence-electron chi connectivity index (χ0n) is 12.5. The van der Waals surface area contributed by atoms with Crippen LogP contribution in [0.25, 0.3) is 22.4 Å².